The summed E-state index contributed by atoms with van der Waals surface area (Å²) in [4.78, 5) is 4.42. The summed E-state index contributed by atoms with van der Waals surface area (Å²) in [6.07, 6.45) is 0. The summed E-state index contributed by atoms with van der Waals surface area (Å²) in [5, 5.41) is 0. The van der Waals surface area contributed by atoms with Crippen molar-refractivity contribution in [1.29, 1.82) is 0 Å². The lowest BCUT2D eigenvalue weighted by molar-refractivity contribution is 0.595. The molecule has 0 saturated heterocycles. The summed E-state index contributed by atoms with van der Waals surface area (Å²) >= 11 is 3.36. The van der Waals surface area contributed by atoms with Gasteiger partial charge >= 0.3 is 0 Å². The number of nitrogens with zero attached hydrogens (tertiary/aromatic N) is 1. The summed E-state index contributed by atoms with van der Waals surface area (Å²) in [5.41, 5.74) is 7.29. The molecule has 2 rings (SSSR count). The number of hydrogen-bond acceptors (Lipinski definition) is 2. The lowest BCUT2D eigenvalue weighted by Gasteiger charge is -2.01. The molecule has 0 spiro atoms. The Balaban J connectivity index is 2.29. The van der Waals surface area contributed by atoms with E-state index >= 15 is 0 Å². The standard InChI is InChI=1S/C10H13BrN2/c1-10(2)8(9(10)12)6-4-3-5-7(11)13-6/h3-5,8-9H,12H2,1-2H3/t8-,9-/m1/s1. The van der Waals surface area contributed by atoms with Crippen LogP contribution in [0, 0.1) is 5.41 Å². The molecule has 0 unspecified atom stereocenters. The highest BCUT2D eigenvalue weighted by Crippen LogP contribution is 2.56. The van der Waals surface area contributed by atoms with Crippen LogP contribution in [0.2, 0.25) is 0 Å². The molecule has 1 aliphatic carbocycles. The van der Waals surface area contributed by atoms with E-state index < -0.39 is 0 Å². The molecule has 0 amide bonds. The summed E-state index contributed by atoms with van der Waals surface area (Å²) in [5.74, 6) is 0.421. The van der Waals surface area contributed by atoms with Crippen LogP contribution in [0.4, 0.5) is 0 Å². The van der Waals surface area contributed by atoms with E-state index in [9.17, 15) is 0 Å². The lowest BCUT2D eigenvalue weighted by atomic mass is 10.1. The molecule has 0 aliphatic heterocycles. The van der Waals surface area contributed by atoms with Crippen LogP contribution in [0.25, 0.3) is 0 Å². The number of nitrogens with two attached hydrogens (primary N) is 1. The number of halogens is 1. The van der Waals surface area contributed by atoms with Gasteiger partial charge in [-0.15, -0.1) is 0 Å². The number of aromatic nitrogens is 1. The molecule has 0 bridgehead atoms. The van der Waals surface area contributed by atoms with E-state index in [1.807, 2.05) is 18.2 Å². The van der Waals surface area contributed by atoms with Crippen molar-refractivity contribution >= 4 is 15.9 Å². The average molecular weight is 241 g/mol. The van der Waals surface area contributed by atoms with E-state index in [1.54, 1.807) is 0 Å². The zero-order chi connectivity index (χ0) is 9.64. The molecule has 2 N–H and O–H groups in total. The zero-order valence-electron chi connectivity index (χ0n) is 7.79. The highest BCUT2D eigenvalue weighted by atomic mass is 79.9. The molecule has 3 heteroatoms. The first-order chi connectivity index (χ1) is 6.03. The fourth-order valence-corrected chi connectivity index (χ4v) is 2.20. The predicted molar refractivity (Wildman–Crippen MR) is 56.4 cm³/mol. The third-order valence-electron chi connectivity index (χ3n) is 2.97. The molecule has 70 valence electrons. The van der Waals surface area contributed by atoms with E-state index in [-0.39, 0.29) is 11.5 Å². The molecule has 1 heterocycles. The Bertz CT molecular complexity index is 335. The minimum absolute atomic E-state index is 0.216. The van der Waals surface area contributed by atoms with E-state index in [1.165, 1.54) is 0 Å². The molecular weight excluding hydrogens is 228 g/mol. The van der Waals surface area contributed by atoms with Gasteiger partial charge in [-0.1, -0.05) is 19.9 Å². The van der Waals surface area contributed by atoms with Crippen LogP contribution in [0.1, 0.15) is 25.5 Å². The highest BCUT2D eigenvalue weighted by Gasteiger charge is 2.56. The lowest BCUT2D eigenvalue weighted by Crippen LogP contribution is -2.06. The van der Waals surface area contributed by atoms with Crippen molar-refractivity contribution in [2.75, 3.05) is 0 Å². The van der Waals surface area contributed by atoms with E-state index in [0.29, 0.717) is 5.92 Å². The molecule has 1 aliphatic rings. The first kappa shape index (κ1) is 9.16. The molecule has 1 aromatic heterocycles. The molecule has 0 aromatic carbocycles. The Labute approximate surface area is 86.7 Å². The Hall–Kier alpha value is -0.410. The monoisotopic (exact) mass is 240 g/mol. The van der Waals surface area contributed by atoms with Crippen molar-refractivity contribution in [1.82, 2.24) is 4.98 Å². The van der Waals surface area contributed by atoms with Gasteiger partial charge in [-0.3, -0.25) is 0 Å². The van der Waals surface area contributed by atoms with Gasteiger partial charge in [0.1, 0.15) is 4.60 Å². The predicted octanol–water partition coefficient (Wildman–Crippen LogP) is 2.29. The summed E-state index contributed by atoms with van der Waals surface area (Å²) in [6, 6.07) is 6.25. The topological polar surface area (TPSA) is 38.9 Å². The average Bonchev–Trinajstić information content (AvgIpc) is 2.51. The van der Waals surface area contributed by atoms with Crippen molar-refractivity contribution in [3.63, 3.8) is 0 Å². The van der Waals surface area contributed by atoms with Crippen molar-refractivity contribution < 1.29 is 0 Å². The van der Waals surface area contributed by atoms with Crippen LogP contribution in [0.3, 0.4) is 0 Å². The smallest absolute Gasteiger partial charge is 0.106 e. The maximum Gasteiger partial charge on any atom is 0.106 e. The van der Waals surface area contributed by atoms with E-state index in [4.69, 9.17) is 5.73 Å². The van der Waals surface area contributed by atoms with Gasteiger partial charge in [0.05, 0.1) is 0 Å². The Morgan fingerprint density at radius 3 is 2.54 bits per heavy atom. The molecule has 0 radical (unpaired) electrons. The molecule has 13 heavy (non-hydrogen) atoms. The van der Waals surface area contributed by atoms with Crippen LogP contribution in [-0.4, -0.2) is 11.0 Å². The number of hydrogen-bond donors (Lipinski definition) is 1. The van der Waals surface area contributed by atoms with Gasteiger partial charge in [0.15, 0.2) is 0 Å². The molecular formula is C10H13BrN2. The van der Waals surface area contributed by atoms with Gasteiger partial charge in [-0.2, -0.15) is 0 Å². The minimum Gasteiger partial charge on any atom is -0.327 e. The SMILES string of the molecule is CC1(C)[C@H](N)[C@H]1c1cccc(Br)n1. The maximum atomic E-state index is 5.97. The first-order valence-corrected chi connectivity index (χ1v) is 5.21. The van der Waals surface area contributed by atoms with Gasteiger partial charge < -0.3 is 5.73 Å². The Morgan fingerprint density at radius 1 is 1.46 bits per heavy atom. The van der Waals surface area contributed by atoms with Crippen LogP contribution in [0.5, 0.6) is 0 Å². The second kappa shape index (κ2) is 2.79. The first-order valence-electron chi connectivity index (χ1n) is 4.41. The quantitative estimate of drug-likeness (QED) is 0.766. The van der Waals surface area contributed by atoms with Crippen molar-refractivity contribution in [2.45, 2.75) is 25.8 Å². The maximum absolute atomic E-state index is 5.97. The zero-order valence-corrected chi connectivity index (χ0v) is 9.38. The molecule has 1 saturated carbocycles. The minimum atomic E-state index is 0.216. The van der Waals surface area contributed by atoms with Crippen molar-refractivity contribution in [3.8, 4) is 0 Å². The third-order valence-corrected chi connectivity index (χ3v) is 3.41. The van der Waals surface area contributed by atoms with Gasteiger partial charge in [0.2, 0.25) is 0 Å². The fraction of sp³-hybridized carbons (Fsp3) is 0.500. The van der Waals surface area contributed by atoms with Crippen LogP contribution in [0.15, 0.2) is 22.8 Å². The second-order valence-electron chi connectivity index (χ2n) is 4.21. The van der Waals surface area contributed by atoms with Crippen LogP contribution in [-0.2, 0) is 0 Å². The summed E-state index contributed by atoms with van der Waals surface area (Å²) in [7, 11) is 0. The normalized spacial score (nSPS) is 30.2. The van der Waals surface area contributed by atoms with E-state index in [0.717, 1.165) is 10.3 Å². The second-order valence-corrected chi connectivity index (χ2v) is 5.02. The molecule has 2 atom stereocenters. The Morgan fingerprint density at radius 2 is 2.08 bits per heavy atom. The fourth-order valence-electron chi connectivity index (χ4n) is 1.84. The van der Waals surface area contributed by atoms with Crippen LogP contribution >= 0.6 is 15.9 Å². The van der Waals surface area contributed by atoms with Gasteiger partial charge in [-0.05, 0) is 33.5 Å². The van der Waals surface area contributed by atoms with Gasteiger partial charge in [0.25, 0.3) is 0 Å². The van der Waals surface area contributed by atoms with Crippen LogP contribution < -0.4 is 5.73 Å². The number of pyridine rings is 1. The van der Waals surface area contributed by atoms with Crippen molar-refractivity contribution in [2.24, 2.45) is 11.1 Å². The van der Waals surface area contributed by atoms with Gasteiger partial charge in [-0.25, -0.2) is 4.98 Å². The summed E-state index contributed by atoms with van der Waals surface area (Å²) in [6.45, 7) is 4.37. The third kappa shape index (κ3) is 1.40. The molecule has 1 aromatic rings. The van der Waals surface area contributed by atoms with Gasteiger partial charge in [0, 0.05) is 17.7 Å². The largest absolute Gasteiger partial charge is 0.327 e. The Kier molecular flexibility index (Phi) is 1.96. The molecule has 1 fully saturated rings. The van der Waals surface area contributed by atoms with Crippen molar-refractivity contribution in [3.05, 3.63) is 28.5 Å². The van der Waals surface area contributed by atoms with E-state index in [2.05, 4.69) is 34.8 Å². The summed E-state index contributed by atoms with van der Waals surface area (Å²) < 4.78 is 0.889. The highest BCUT2D eigenvalue weighted by molar-refractivity contribution is 9.10. The number of rotatable bonds is 1. The molecule has 2 nitrogen and oxygen atoms in total.